The highest BCUT2D eigenvalue weighted by atomic mass is 16.7. The molecule has 0 amide bonds. The molecule has 3 rings (SSSR count). The van der Waals surface area contributed by atoms with Crippen molar-refractivity contribution < 1.29 is 23.7 Å². The maximum absolute atomic E-state index is 11.5. The van der Waals surface area contributed by atoms with E-state index in [1.807, 2.05) is 30.5 Å². The van der Waals surface area contributed by atoms with Crippen molar-refractivity contribution in [1.29, 1.82) is 0 Å². The van der Waals surface area contributed by atoms with Crippen molar-refractivity contribution in [3.8, 4) is 22.8 Å². The minimum Gasteiger partial charge on any atom is -0.497 e. The van der Waals surface area contributed by atoms with Crippen molar-refractivity contribution >= 4 is 11.8 Å². The molecular formula is C17H20N2O5. The summed E-state index contributed by atoms with van der Waals surface area (Å²) in [5.41, 5.74) is 2.76. The average molecular weight is 332 g/mol. The zero-order chi connectivity index (χ0) is 16.9. The Bertz CT molecular complexity index is 690. The van der Waals surface area contributed by atoms with Gasteiger partial charge in [-0.15, -0.1) is 0 Å². The second-order valence-electron chi connectivity index (χ2n) is 5.26. The van der Waals surface area contributed by atoms with Gasteiger partial charge in [0, 0.05) is 24.8 Å². The summed E-state index contributed by atoms with van der Waals surface area (Å²) in [6, 6.07) is 7.72. The van der Waals surface area contributed by atoms with Crippen LogP contribution in [0.5, 0.6) is 11.6 Å². The van der Waals surface area contributed by atoms with E-state index in [0.717, 1.165) is 35.7 Å². The van der Waals surface area contributed by atoms with Gasteiger partial charge in [0.1, 0.15) is 11.4 Å². The lowest BCUT2D eigenvalue weighted by Gasteiger charge is -2.29. The van der Waals surface area contributed by atoms with Crippen LogP contribution in [0.15, 0.2) is 30.5 Å². The molecule has 1 aromatic carbocycles. The molecule has 24 heavy (non-hydrogen) atoms. The molecule has 1 fully saturated rings. The minimum atomic E-state index is -0.757. The molecule has 7 heteroatoms. The molecule has 7 nitrogen and oxygen atoms in total. The van der Waals surface area contributed by atoms with Gasteiger partial charge in [-0.25, -0.2) is 4.79 Å². The fraction of sp³-hybridized carbons (Fsp3) is 0.353. The molecule has 0 aliphatic carbocycles. The molecule has 0 saturated carbocycles. The largest absolute Gasteiger partial charge is 0.514 e. The van der Waals surface area contributed by atoms with Crippen molar-refractivity contribution in [2.75, 3.05) is 45.4 Å². The Hall–Kier alpha value is -2.67. The fourth-order valence-corrected chi connectivity index (χ4v) is 2.69. The number of H-pyrrole nitrogens is 1. The third-order valence-corrected chi connectivity index (χ3v) is 3.90. The minimum absolute atomic E-state index is 0.370. The number of hydrogen-bond donors (Lipinski definition) is 1. The number of aromatic nitrogens is 1. The number of carbonyl (C=O) groups excluding carboxylic acids is 1. The Balaban J connectivity index is 1.99. The first-order valence-electron chi connectivity index (χ1n) is 7.67. The van der Waals surface area contributed by atoms with Crippen molar-refractivity contribution in [3.63, 3.8) is 0 Å². The van der Waals surface area contributed by atoms with E-state index in [1.54, 1.807) is 7.11 Å². The van der Waals surface area contributed by atoms with Gasteiger partial charge in [-0.05, 0) is 17.7 Å². The molecule has 1 aromatic heterocycles. The third-order valence-electron chi connectivity index (χ3n) is 3.90. The summed E-state index contributed by atoms with van der Waals surface area (Å²) in [6.07, 6.45) is 1.07. The number of ether oxygens (including phenoxy) is 4. The number of anilines is 1. The smallest absolute Gasteiger partial charge is 0.497 e. The van der Waals surface area contributed by atoms with Crippen LogP contribution in [0.4, 0.5) is 10.5 Å². The van der Waals surface area contributed by atoms with Gasteiger partial charge in [0.2, 0.25) is 5.88 Å². The first kappa shape index (κ1) is 16.2. The van der Waals surface area contributed by atoms with Crippen LogP contribution >= 0.6 is 0 Å². The summed E-state index contributed by atoms with van der Waals surface area (Å²) < 4.78 is 20.5. The van der Waals surface area contributed by atoms with Gasteiger partial charge >= 0.3 is 6.16 Å². The second-order valence-corrected chi connectivity index (χ2v) is 5.26. The Morgan fingerprint density at radius 1 is 1.17 bits per heavy atom. The van der Waals surface area contributed by atoms with Crippen LogP contribution in [0, 0.1) is 0 Å². The van der Waals surface area contributed by atoms with E-state index in [9.17, 15) is 4.79 Å². The highest BCUT2D eigenvalue weighted by molar-refractivity contribution is 5.84. The van der Waals surface area contributed by atoms with Crippen LogP contribution in [0.2, 0.25) is 0 Å². The van der Waals surface area contributed by atoms with E-state index in [2.05, 4.69) is 14.6 Å². The van der Waals surface area contributed by atoms with E-state index in [4.69, 9.17) is 14.2 Å². The Labute approximate surface area is 140 Å². The number of nitrogens with one attached hydrogen (secondary N) is 1. The molecule has 1 aliphatic heterocycles. The number of morpholine rings is 1. The molecule has 128 valence electrons. The number of rotatable bonds is 4. The first-order chi connectivity index (χ1) is 11.7. The molecule has 0 bridgehead atoms. The number of aromatic amines is 1. The van der Waals surface area contributed by atoms with Crippen molar-refractivity contribution in [3.05, 3.63) is 30.5 Å². The van der Waals surface area contributed by atoms with E-state index < -0.39 is 6.16 Å². The van der Waals surface area contributed by atoms with E-state index in [0.29, 0.717) is 19.1 Å². The van der Waals surface area contributed by atoms with Gasteiger partial charge in [0.15, 0.2) is 0 Å². The molecule has 0 unspecified atom stereocenters. The molecule has 2 heterocycles. The van der Waals surface area contributed by atoms with Gasteiger partial charge in [-0.1, -0.05) is 12.1 Å². The second kappa shape index (κ2) is 7.27. The Morgan fingerprint density at radius 3 is 2.50 bits per heavy atom. The summed E-state index contributed by atoms with van der Waals surface area (Å²) in [4.78, 5) is 16.7. The number of nitrogens with zero attached hydrogens (tertiary/aromatic N) is 1. The van der Waals surface area contributed by atoms with Crippen molar-refractivity contribution in [2.45, 2.75) is 0 Å². The van der Waals surface area contributed by atoms with Crippen LogP contribution < -0.4 is 14.4 Å². The van der Waals surface area contributed by atoms with Crippen molar-refractivity contribution in [2.24, 2.45) is 0 Å². The lowest BCUT2D eigenvalue weighted by Crippen LogP contribution is -2.36. The van der Waals surface area contributed by atoms with Crippen LogP contribution in [0.3, 0.4) is 0 Å². The average Bonchev–Trinajstić information content (AvgIpc) is 3.05. The molecular weight excluding hydrogens is 312 g/mol. The van der Waals surface area contributed by atoms with Crippen LogP contribution in [-0.2, 0) is 9.47 Å². The van der Waals surface area contributed by atoms with Gasteiger partial charge in [-0.3, -0.25) is 0 Å². The predicted octanol–water partition coefficient (Wildman–Crippen LogP) is 2.67. The number of benzene rings is 1. The summed E-state index contributed by atoms with van der Waals surface area (Å²) in [7, 11) is 2.91. The molecule has 1 N–H and O–H groups in total. The van der Waals surface area contributed by atoms with Crippen LogP contribution in [-0.4, -0.2) is 51.7 Å². The number of hydrogen-bond acceptors (Lipinski definition) is 6. The lowest BCUT2D eigenvalue weighted by atomic mass is 10.1. The monoisotopic (exact) mass is 332 g/mol. The summed E-state index contributed by atoms with van der Waals surface area (Å²) in [5.74, 6) is 1.16. The molecule has 0 atom stereocenters. The quantitative estimate of drug-likeness (QED) is 0.868. The van der Waals surface area contributed by atoms with Gasteiger partial charge in [0.25, 0.3) is 0 Å². The summed E-state index contributed by atoms with van der Waals surface area (Å²) in [6.45, 7) is 2.70. The fourth-order valence-electron chi connectivity index (χ4n) is 2.69. The lowest BCUT2D eigenvalue weighted by molar-refractivity contribution is 0.117. The summed E-state index contributed by atoms with van der Waals surface area (Å²) >= 11 is 0. The first-order valence-corrected chi connectivity index (χ1v) is 7.67. The standard InChI is InChI=1S/C17H20N2O5/c1-21-13-5-3-12(4-6-13)14-11-18-16(24-17(20)22-2)15(14)19-7-9-23-10-8-19/h3-6,11,18H,7-10H2,1-2H3. The molecule has 0 radical (unpaired) electrons. The SMILES string of the molecule is COC(=O)Oc1[nH]cc(-c2ccc(OC)cc2)c1N1CCOCC1. The third kappa shape index (κ3) is 3.30. The maximum atomic E-state index is 11.5. The van der Waals surface area contributed by atoms with Gasteiger partial charge < -0.3 is 28.8 Å². The van der Waals surface area contributed by atoms with Crippen LogP contribution in [0.25, 0.3) is 11.1 Å². The van der Waals surface area contributed by atoms with Crippen molar-refractivity contribution in [1.82, 2.24) is 4.98 Å². The van der Waals surface area contributed by atoms with E-state index >= 15 is 0 Å². The number of carbonyl (C=O) groups is 1. The van der Waals surface area contributed by atoms with E-state index in [-0.39, 0.29) is 0 Å². The zero-order valence-corrected chi connectivity index (χ0v) is 13.7. The molecule has 1 saturated heterocycles. The molecule has 2 aromatic rings. The van der Waals surface area contributed by atoms with Gasteiger partial charge in [0.05, 0.1) is 27.4 Å². The Kier molecular flexibility index (Phi) is 4.90. The highest BCUT2D eigenvalue weighted by Gasteiger charge is 2.24. The van der Waals surface area contributed by atoms with Crippen LogP contribution in [0.1, 0.15) is 0 Å². The molecule has 0 spiro atoms. The predicted molar refractivity (Wildman–Crippen MR) is 88.8 cm³/mol. The summed E-state index contributed by atoms with van der Waals surface area (Å²) in [5, 5.41) is 0. The Morgan fingerprint density at radius 2 is 1.88 bits per heavy atom. The van der Waals surface area contributed by atoms with Gasteiger partial charge in [-0.2, -0.15) is 0 Å². The zero-order valence-electron chi connectivity index (χ0n) is 13.7. The normalized spacial score (nSPS) is 14.3. The maximum Gasteiger partial charge on any atom is 0.514 e. The number of methoxy groups -OCH3 is 2. The highest BCUT2D eigenvalue weighted by Crippen LogP contribution is 2.39. The topological polar surface area (TPSA) is 73.0 Å². The molecule has 1 aliphatic rings. The van der Waals surface area contributed by atoms with E-state index in [1.165, 1.54) is 7.11 Å².